The van der Waals surface area contributed by atoms with Gasteiger partial charge in [-0.3, -0.25) is 4.79 Å². The Labute approximate surface area is 110 Å². The van der Waals surface area contributed by atoms with Gasteiger partial charge in [0.15, 0.2) is 11.6 Å². The van der Waals surface area contributed by atoms with Crippen molar-refractivity contribution in [1.82, 2.24) is 9.97 Å². The van der Waals surface area contributed by atoms with Crippen LogP contribution in [0.1, 0.15) is 10.4 Å². The molecule has 1 aromatic carbocycles. The lowest BCUT2D eigenvalue weighted by Gasteiger charge is -2.06. The second-order valence-corrected chi connectivity index (χ2v) is 4.20. The Bertz CT molecular complexity index is 588. The normalized spacial score (nSPS) is 10.1. The number of nitrogens with zero attached hydrogens (tertiary/aromatic N) is 2. The van der Waals surface area contributed by atoms with Crippen LogP contribution in [0.25, 0.3) is 0 Å². The van der Waals surface area contributed by atoms with Gasteiger partial charge in [-0.1, -0.05) is 0 Å². The SMILES string of the molecule is Nc1nc(Br)cnc1NC(=O)c1ccc(F)cc1. The molecule has 1 aromatic heterocycles. The van der Waals surface area contributed by atoms with Crippen molar-refractivity contribution < 1.29 is 9.18 Å². The van der Waals surface area contributed by atoms with Crippen LogP contribution in [-0.2, 0) is 0 Å². The predicted octanol–water partition coefficient (Wildman–Crippen LogP) is 2.21. The zero-order chi connectivity index (χ0) is 13.1. The second-order valence-electron chi connectivity index (χ2n) is 3.39. The monoisotopic (exact) mass is 310 g/mol. The van der Waals surface area contributed by atoms with Gasteiger partial charge in [0, 0.05) is 5.56 Å². The molecule has 5 nitrogen and oxygen atoms in total. The van der Waals surface area contributed by atoms with Gasteiger partial charge in [0.05, 0.1) is 6.20 Å². The third-order valence-corrected chi connectivity index (χ3v) is 2.49. The van der Waals surface area contributed by atoms with E-state index in [9.17, 15) is 9.18 Å². The number of benzene rings is 1. The number of nitrogens with one attached hydrogen (secondary N) is 1. The van der Waals surface area contributed by atoms with Gasteiger partial charge in [0.2, 0.25) is 0 Å². The maximum absolute atomic E-state index is 12.7. The van der Waals surface area contributed by atoms with Crippen molar-refractivity contribution in [3.63, 3.8) is 0 Å². The topological polar surface area (TPSA) is 80.9 Å². The lowest BCUT2D eigenvalue weighted by Crippen LogP contribution is -2.15. The standard InChI is InChI=1S/C11H8BrFN4O/c12-8-5-15-10(9(14)16-8)17-11(18)6-1-3-7(13)4-2-6/h1-5H,(H2,14,16)(H,15,17,18). The third-order valence-electron chi connectivity index (χ3n) is 2.11. The molecule has 0 fully saturated rings. The summed E-state index contributed by atoms with van der Waals surface area (Å²) in [6.45, 7) is 0. The first-order chi connectivity index (χ1) is 8.56. The molecule has 1 amide bonds. The summed E-state index contributed by atoms with van der Waals surface area (Å²) in [5.41, 5.74) is 5.90. The molecule has 92 valence electrons. The molecule has 0 aliphatic carbocycles. The molecular weight excluding hydrogens is 303 g/mol. The number of aromatic nitrogens is 2. The quantitative estimate of drug-likeness (QED) is 0.891. The fraction of sp³-hybridized carbons (Fsp3) is 0. The van der Waals surface area contributed by atoms with Crippen LogP contribution < -0.4 is 11.1 Å². The van der Waals surface area contributed by atoms with E-state index in [2.05, 4.69) is 31.2 Å². The van der Waals surface area contributed by atoms with Gasteiger partial charge in [-0.05, 0) is 40.2 Å². The number of rotatable bonds is 2. The Kier molecular flexibility index (Phi) is 3.52. The number of amides is 1. The van der Waals surface area contributed by atoms with E-state index in [1.165, 1.54) is 30.5 Å². The van der Waals surface area contributed by atoms with Crippen molar-refractivity contribution in [2.45, 2.75) is 0 Å². The van der Waals surface area contributed by atoms with Crippen molar-refractivity contribution in [1.29, 1.82) is 0 Å². The van der Waals surface area contributed by atoms with E-state index in [1.807, 2.05) is 0 Å². The fourth-order valence-electron chi connectivity index (χ4n) is 1.26. The van der Waals surface area contributed by atoms with Crippen LogP contribution in [-0.4, -0.2) is 15.9 Å². The highest BCUT2D eigenvalue weighted by atomic mass is 79.9. The summed E-state index contributed by atoms with van der Waals surface area (Å²) < 4.78 is 13.2. The summed E-state index contributed by atoms with van der Waals surface area (Å²) in [6, 6.07) is 5.14. The molecule has 0 aliphatic rings. The minimum atomic E-state index is -0.432. The molecule has 2 aromatic rings. The first kappa shape index (κ1) is 12.4. The van der Waals surface area contributed by atoms with Crippen molar-refractivity contribution in [2.24, 2.45) is 0 Å². The molecule has 7 heteroatoms. The van der Waals surface area contributed by atoms with E-state index < -0.39 is 11.7 Å². The minimum absolute atomic E-state index is 0.0971. The van der Waals surface area contributed by atoms with Crippen LogP contribution >= 0.6 is 15.9 Å². The number of carbonyl (C=O) groups excluding carboxylic acids is 1. The summed E-state index contributed by atoms with van der Waals surface area (Å²) in [4.78, 5) is 19.6. The van der Waals surface area contributed by atoms with Gasteiger partial charge in [-0.2, -0.15) is 0 Å². The number of anilines is 2. The molecule has 0 unspecified atom stereocenters. The van der Waals surface area contributed by atoms with Crippen molar-refractivity contribution >= 4 is 33.5 Å². The number of hydrogen-bond acceptors (Lipinski definition) is 4. The highest BCUT2D eigenvalue weighted by Gasteiger charge is 2.10. The number of halogens is 2. The van der Waals surface area contributed by atoms with Gasteiger partial charge in [0.1, 0.15) is 10.4 Å². The van der Waals surface area contributed by atoms with E-state index in [1.54, 1.807) is 0 Å². The molecule has 18 heavy (non-hydrogen) atoms. The molecule has 0 saturated heterocycles. The maximum atomic E-state index is 12.7. The molecule has 0 saturated carbocycles. The molecule has 3 N–H and O–H groups in total. The van der Waals surface area contributed by atoms with Crippen LogP contribution in [0.3, 0.4) is 0 Å². The Hall–Kier alpha value is -2.02. The Morgan fingerprint density at radius 1 is 1.33 bits per heavy atom. The van der Waals surface area contributed by atoms with Gasteiger partial charge in [0.25, 0.3) is 5.91 Å². The van der Waals surface area contributed by atoms with Crippen LogP contribution in [0.4, 0.5) is 16.0 Å². The van der Waals surface area contributed by atoms with Crippen LogP contribution in [0.5, 0.6) is 0 Å². The van der Waals surface area contributed by atoms with Crippen molar-refractivity contribution in [3.8, 4) is 0 Å². The smallest absolute Gasteiger partial charge is 0.256 e. The molecule has 0 bridgehead atoms. The largest absolute Gasteiger partial charge is 0.381 e. The van der Waals surface area contributed by atoms with E-state index in [-0.39, 0.29) is 11.6 Å². The van der Waals surface area contributed by atoms with E-state index >= 15 is 0 Å². The van der Waals surface area contributed by atoms with Crippen molar-refractivity contribution in [3.05, 3.63) is 46.4 Å². The third kappa shape index (κ3) is 2.80. The van der Waals surface area contributed by atoms with Gasteiger partial charge >= 0.3 is 0 Å². The highest BCUT2D eigenvalue weighted by molar-refractivity contribution is 9.10. The van der Waals surface area contributed by atoms with Gasteiger partial charge in [-0.15, -0.1) is 0 Å². The number of carbonyl (C=O) groups is 1. The average molecular weight is 311 g/mol. The Morgan fingerprint density at radius 2 is 2.00 bits per heavy atom. The lowest BCUT2D eigenvalue weighted by atomic mass is 10.2. The van der Waals surface area contributed by atoms with E-state index in [0.717, 1.165) is 0 Å². The lowest BCUT2D eigenvalue weighted by molar-refractivity contribution is 0.102. The first-order valence-corrected chi connectivity index (χ1v) is 5.70. The Balaban J connectivity index is 2.18. The maximum Gasteiger partial charge on any atom is 0.256 e. The highest BCUT2D eigenvalue weighted by Crippen LogP contribution is 2.16. The first-order valence-electron chi connectivity index (χ1n) is 4.91. The number of nitrogen functional groups attached to an aromatic ring is 1. The zero-order valence-corrected chi connectivity index (χ0v) is 10.6. The summed E-state index contributed by atoms with van der Waals surface area (Å²) in [5, 5.41) is 2.49. The predicted molar refractivity (Wildman–Crippen MR) is 68.5 cm³/mol. The molecule has 0 aliphatic heterocycles. The number of nitrogens with two attached hydrogens (primary N) is 1. The average Bonchev–Trinajstić information content (AvgIpc) is 2.33. The number of hydrogen-bond donors (Lipinski definition) is 2. The summed E-state index contributed by atoms with van der Waals surface area (Å²) >= 11 is 3.11. The van der Waals surface area contributed by atoms with Gasteiger partial charge < -0.3 is 11.1 Å². The van der Waals surface area contributed by atoms with Crippen molar-refractivity contribution in [2.75, 3.05) is 11.1 Å². The zero-order valence-electron chi connectivity index (χ0n) is 9.02. The molecule has 0 radical (unpaired) electrons. The minimum Gasteiger partial charge on any atom is -0.381 e. The summed E-state index contributed by atoms with van der Waals surface area (Å²) in [6.07, 6.45) is 1.41. The molecule has 1 heterocycles. The van der Waals surface area contributed by atoms with Gasteiger partial charge in [-0.25, -0.2) is 14.4 Å². The van der Waals surface area contributed by atoms with E-state index in [0.29, 0.717) is 10.2 Å². The van der Waals surface area contributed by atoms with Crippen LogP contribution in [0.2, 0.25) is 0 Å². The second kappa shape index (κ2) is 5.09. The molecule has 0 spiro atoms. The molecular formula is C11H8BrFN4O. The Morgan fingerprint density at radius 3 is 2.61 bits per heavy atom. The summed E-state index contributed by atoms with van der Waals surface area (Å²) in [5.74, 6) is -0.583. The van der Waals surface area contributed by atoms with E-state index in [4.69, 9.17) is 5.73 Å². The molecule has 0 atom stereocenters. The van der Waals surface area contributed by atoms with Crippen LogP contribution in [0, 0.1) is 5.82 Å². The van der Waals surface area contributed by atoms with Crippen LogP contribution in [0.15, 0.2) is 35.1 Å². The summed E-state index contributed by atoms with van der Waals surface area (Å²) in [7, 11) is 0. The molecule has 2 rings (SSSR count). The fourth-order valence-corrected chi connectivity index (χ4v) is 1.55.